The predicted molar refractivity (Wildman–Crippen MR) is 130 cm³/mol. The lowest BCUT2D eigenvalue weighted by Gasteiger charge is -2.04. The van der Waals surface area contributed by atoms with E-state index < -0.39 is 0 Å². The summed E-state index contributed by atoms with van der Waals surface area (Å²) in [6.45, 7) is 2.28. The Morgan fingerprint density at radius 1 is 0.960 bits per heavy atom. The number of hydrogen-bond acceptors (Lipinski definition) is 10. The van der Waals surface area contributed by atoms with Gasteiger partial charge in [-0.2, -0.15) is 0 Å². The van der Waals surface area contributed by atoms with Crippen molar-refractivity contribution in [2.75, 3.05) is 30.1 Å². The van der Waals surface area contributed by atoms with Crippen LogP contribution in [0.1, 0.15) is 13.3 Å². The molecule has 0 bridgehead atoms. The highest BCUT2D eigenvalue weighted by molar-refractivity contribution is 8.45. The zero-order valence-corrected chi connectivity index (χ0v) is 21.1. The van der Waals surface area contributed by atoms with Crippen LogP contribution in [0, 0.1) is 0 Å². The van der Waals surface area contributed by atoms with Crippen molar-refractivity contribution in [2.45, 2.75) is 13.3 Å². The molecule has 0 spiro atoms. The van der Waals surface area contributed by atoms with E-state index in [0.29, 0.717) is 18.2 Å². The van der Waals surface area contributed by atoms with Gasteiger partial charge in [0.05, 0.1) is 43.7 Å². The van der Waals surface area contributed by atoms with Gasteiger partial charge in [0, 0.05) is 5.75 Å². The Morgan fingerprint density at radius 2 is 1.48 bits per heavy atom. The summed E-state index contributed by atoms with van der Waals surface area (Å²) in [5, 5.41) is 0.540. The van der Waals surface area contributed by atoms with Crippen molar-refractivity contribution in [3.8, 4) is 0 Å². The van der Waals surface area contributed by atoms with E-state index in [1.165, 1.54) is 25.4 Å². The first-order chi connectivity index (χ1) is 12.1. The van der Waals surface area contributed by atoms with Crippen LogP contribution in [0.5, 0.6) is 0 Å². The molecular weight excluding hydrogens is 492 g/mol. The van der Waals surface area contributed by atoms with E-state index in [-0.39, 0.29) is 5.97 Å². The topological polar surface area (TPSA) is 26.3 Å². The van der Waals surface area contributed by atoms with Gasteiger partial charge >= 0.3 is 5.97 Å². The van der Waals surface area contributed by atoms with Gasteiger partial charge in [0.2, 0.25) is 0 Å². The van der Waals surface area contributed by atoms with Gasteiger partial charge in [-0.05, 0) is 19.4 Å². The molecule has 0 aliphatic carbocycles. The van der Waals surface area contributed by atoms with Crippen LogP contribution in [-0.2, 0) is 9.53 Å². The Morgan fingerprint density at radius 3 is 1.96 bits per heavy atom. The van der Waals surface area contributed by atoms with Crippen molar-refractivity contribution in [1.29, 1.82) is 0 Å². The average molecular weight is 509 g/mol. The smallest absolute Gasteiger partial charge is 0.306 e. The molecule has 0 N–H and O–H groups in total. The molecule has 0 radical (unpaired) electrons. The van der Waals surface area contributed by atoms with Crippen LogP contribution in [0.15, 0.2) is 25.4 Å². The Hall–Kier alpha value is 1.78. The molecular formula is C14H17ClO2S8. The van der Waals surface area contributed by atoms with Crippen LogP contribution in [-0.4, -0.2) is 36.1 Å². The number of ether oxygens (including phenoxy) is 1. The van der Waals surface area contributed by atoms with Gasteiger partial charge in [-0.3, -0.25) is 4.79 Å². The first-order valence-electron chi connectivity index (χ1n) is 7.12. The van der Waals surface area contributed by atoms with Crippen LogP contribution < -0.4 is 0 Å². The molecule has 140 valence electrons. The van der Waals surface area contributed by atoms with Crippen molar-refractivity contribution < 1.29 is 9.53 Å². The second-order valence-corrected chi connectivity index (χ2v) is 14.1. The number of hydrogen-bond donors (Lipinski definition) is 0. The molecule has 11 heteroatoms. The van der Waals surface area contributed by atoms with Gasteiger partial charge in [-0.1, -0.05) is 47.0 Å². The highest BCUT2D eigenvalue weighted by Gasteiger charge is 2.30. The number of carbonyl (C=O) groups is 1. The number of rotatable bonds is 9. The number of esters is 1. The van der Waals surface area contributed by atoms with Crippen LogP contribution in [0.3, 0.4) is 0 Å². The first kappa shape index (κ1) is 23.1. The summed E-state index contributed by atoms with van der Waals surface area (Å²) in [4.78, 5) is 11.5. The highest BCUT2D eigenvalue weighted by atomic mass is 35.5. The Balaban J connectivity index is 1.99. The molecule has 2 aliphatic heterocycles. The summed E-state index contributed by atoms with van der Waals surface area (Å²) in [7, 11) is 0. The molecule has 0 saturated carbocycles. The largest absolute Gasteiger partial charge is 0.466 e. The molecule has 0 saturated heterocycles. The molecule has 0 aromatic carbocycles. The van der Waals surface area contributed by atoms with Gasteiger partial charge < -0.3 is 4.74 Å². The molecule has 0 fully saturated rings. The van der Waals surface area contributed by atoms with E-state index in [0.717, 1.165) is 5.75 Å². The zero-order chi connectivity index (χ0) is 18.2. The minimum atomic E-state index is -0.128. The fourth-order valence-corrected chi connectivity index (χ4v) is 12.9. The van der Waals surface area contributed by atoms with Crippen molar-refractivity contribution in [1.82, 2.24) is 0 Å². The number of alkyl halides is 1. The highest BCUT2D eigenvalue weighted by Crippen LogP contribution is 2.65. The molecule has 2 aliphatic rings. The molecule has 2 nitrogen and oxygen atoms in total. The van der Waals surface area contributed by atoms with Crippen LogP contribution in [0.4, 0.5) is 0 Å². The monoisotopic (exact) mass is 508 g/mol. The molecule has 2 heterocycles. The predicted octanol–water partition coefficient (Wildman–Crippen LogP) is 7.67. The van der Waals surface area contributed by atoms with E-state index in [1.807, 2.05) is 77.5 Å². The molecule has 25 heavy (non-hydrogen) atoms. The summed E-state index contributed by atoms with van der Waals surface area (Å²) >= 11 is 20.3. The zero-order valence-electron chi connectivity index (χ0n) is 13.8. The van der Waals surface area contributed by atoms with Crippen molar-refractivity contribution in [3.63, 3.8) is 0 Å². The molecule has 0 aromatic heterocycles. The van der Waals surface area contributed by atoms with Gasteiger partial charge in [0.15, 0.2) is 0 Å². The first-order valence-corrected chi connectivity index (χ1v) is 15.3. The Kier molecular flexibility index (Phi) is 11.4. The van der Waals surface area contributed by atoms with Crippen molar-refractivity contribution in [2.24, 2.45) is 0 Å². The Bertz CT molecular complexity index is 584. The molecule has 0 aromatic rings. The van der Waals surface area contributed by atoms with Gasteiger partial charge in [-0.25, -0.2) is 0 Å². The Labute approximate surface area is 188 Å². The number of halogens is 1. The summed E-state index contributed by atoms with van der Waals surface area (Å²) in [6.07, 6.45) is 4.70. The SMILES string of the molecule is CCOC(=O)CCSC1=C(SCCl)SC(=C2SC(SC)=C(SC)S2)S1. The van der Waals surface area contributed by atoms with E-state index >= 15 is 0 Å². The molecule has 0 unspecified atom stereocenters. The maximum Gasteiger partial charge on any atom is 0.306 e. The normalized spacial score (nSPS) is 17.9. The minimum absolute atomic E-state index is 0.128. The summed E-state index contributed by atoms with van der Waals surface area (Å²) in [5.74, 6) is 0.609. The number of thioether (sulfide) groups is 8. The quantitative estimate of drug-likeness (QED) is 0.228. The molecule has 2 rings (SSSR count). The lowest BCUT2D eigenvalue weighted by atomic mass is 10.5. The maximum atomic E-state index is 11.5. The van der Waals surface area contributed by atoms with Gasteiger partial charge in [-0.15, -0.1) is 58.6 Å². The average Bonchev–Trinajstić information content (AvgIpc) is 3.19. The molecule has 0 atom stereocenters. The second kappa shape index (κ2) is 12.4. The third-order valence-corrected chi connectivity index (χ3v) is 13.9. The minimum Gasteiger partial charge on any atom is -0.466 e. The third kappa shape index (κ3) is 6.96. The van der Waals surface area contributed by atoms with Crippen LogP contribution in [0.2, 0.25) is 0 Å². The molecule has 0 amide bonds. The van der Waals surface area contributed by atoms with Gasteiger partial charge in [0.1, 0.15) is 0 Å². The fraction of sp³-hybridized carbons (Fsp3) is 0.500. The third-order valence-electron chi connectivity index (χ3n) is 2.64. The number of carbonyl (C=O) groups excluding carboxylic acids is 1. The second-order valence-electron chi connectivity index (χ2n) is 4.20. The maximum absolute atomic E-state index is 11.5. The van der Waals surface area contributed by atoms with Crippen LogP contribution >= 0.6 is 106 Å². The summed E-state index contributed by atoms with van der Waals surface area (Å²) in [6, 6.07) is 0. The van der Waals surface area contributed by atoms with E-state index in [2.05, 4.69) is 12.5 Å². The van der Waals surface area contributed by atoms with Crippen molar-refractivity contribution in [3.05, 3.63) is 25.4 Å². The standard InChI is InChI=1S/C14H17ClO2S8/c1-4-17-8(16)5-6-20-11-12(21-7-15)25-14(24-11)13-22-9(18-2)10(19-3)23-13/h4-7H2,1-3H3. The lowest BCUT2D eigenvalue weighted by molar-refractivity contribution is -0.142. The van der Waals surface area contributed by atoms with Crippen molar-refractivity contribution >= 4 is 112 Å². The fourth-order valence-electron chi connectivity index (χ4n) is 1.65. The summed E-state index contributed by atoms with van der Waals surface area (Å²) < 4.78 is 13.0. The van der Waals surface area contributed by atoms with E-state index in [1.54, 1.807) is 23.5 Å². The lowest BCUT2D eigenvalue weighted by Crippen LogP contribution is -2.04. The van der Waals surface area contributed by atoms with Crippen LogP contribution in [0.25, 0.3) is 0 Å². The van der Waals surface area contributed by atoms with E-state index in [9.17, 15) is 4.79 Å². The summed E-state index contributed by atoms with van der Waals surface area (Å²) in [5.41, 5.74) is 0. The van der Waals surface area contributed by atoms with Gasteiger partial charge in [0.25, 0.3) is 0 Å². The van der Waals surface area contributed by atoms with E-state index in [4.69, 9.17) is 16.3 Å².